The van der Waals surface area contributed by atoms with E-state index < -0.39 is 5.97 Å². The first kappa shape index (κ1) is 18.2. The van der Waals surface area contributed by atoms with Crippen LogP contribution in [0.1, 0.15) is 90.4 Å². The fourth-order valence-corrected chi connectivity index (χ4v) is 2.17. The highest BCUT2D eigenvalue weighted by Gasteiger charge is 1.95. The normalized spacial score (nSPS) is 11.2. The first-order valence-corrected chi connectivity index (χ1v) is 8.14. The molecule has 0 saturated heterocycles. The Hall–Kier alpha value is -0.790. The molecule has 0 aliphatic heterocycles. The number of carboxylic acid groups (broad SMARTS) is 1. The van der Waals surface area contributed by atoms with E-state index in [2.05, 4.69) is 19.1 Å². The van der Waals surface area contributed by atoms with Crippen molar-refractivity contribution >= 4 is 5.97 Å². The predicted molar refractivity (Wildman–Crippen MR) is 82.5 cm³/mol. The molecule has 1 N–H and O–H groups in total. The second-order valence-corrected chi connectivity index (χ2v) is 5.37. The number of carboxylic acids is 1. The summed E-state index contributed by atoms with van der Waals surface area (Å²) in [6.07, 6.45) is 19.8. The fraction of sp³-hybridized carbons (Fsp3) is 0.824. The molecule has 0 radical (unpaired) electrons. The zero-order chi connectivity index (χ0) is 14.2. The SMILES string of the molecule is CCCCCCCC/C=C/CCCCCCC(=O)O. The topological polar surface area (TPSA) is 37.3 Å². The minimum absolute atomic E-state index is 0.327. The summed E-state index contributed by atoms with van der Waals surface area (Å²) < 4.78 is 0. The fourth-order valence-electron chi connectivity index (χ4n) is 2.17. The summed E-state index contributed by atoms with van der Waals surface area (Å²) in [7, 11) is 0. The molecule has 0 aromatic carbocycles. The Balaban J connectivity index is 3.07. The molecule has 0 fully saturated rings. The third-order valence-corrected chi connectivity index (χ3v) is 3.40. The molecule has 0 aliphatic rings. The molecule has 0 saturated carbocycles. The summed E-state index contributed by atoms with van der Waals surface area (Å²) in [5.41, 5.74) is 0. The average molecular weight is 268 g/mol. The quantitative estimate of drug-likeness (QED) is 0.323. The molecule has 0 aromatic heterocycles. The van der Waals surface area contributed by atoms with Crippen molar-refractivity contribution in [1.82, 2.24) is 0 Å². The molecule has 112 valence electrons. The van der Waals surface area contributed by atoms with Crippen molar-refractivity contribution in [3.63, 3.8) is 0 Å². The molecule has 0 spiro atoms. The maximum absolute atomic E-state index is 10.3. The second-order valence-electron chi connectivity index (χ2n) is 5.37. The van der Waals surface area contributed by atoms with E-state index in [0.717, 1.165) is 25.7 Å². The molecule has 0 aliphatic carbocycles. The molecule has 0 amide bonds. The number of aliphatic carboxylic acids is 1. The van der Waals surface area contributed by atoms with Crippen LogP contribution in [0.3, 0.4) is 0 Å². The lowest BCUT2D eigenvalue weighted by molar-refractivity contribution is -0.137. The summed E-state index contributed by atoms with van der Waals surface area (Å²) in [6.45, 7) is 2.25. The Labute approximate surface area is 119 Å². The summed E-state index contributed by atoms with van der Waals surface area (Å²) >= 11 is 0. The molecule has 0 bridgehead atoms. The van der Waals surface area contributed by atoms with Crippen molar-refractivity contribution in [2.24, 2.45) is 0 Å². The maximum atomic E-state index is 10.3. The Kier molecular flexibility index (Phi) is 14.6. The van der Waals surface area contributed by atoms with Crippen molar-refractivity contribution in [1.29, 1.82) is 0 Å². The first-order chi connectivity index (χ1) is 9.27. The third-order valence-electron chi connectivity index (χ3n) is 3.40. The van der Waals surface area contributed by atoms with Gasteiger partial charge in [-0.3, -0.25) is 4.79 Å². The van der Waals surface area contributed by atoms with Crippen LogP contribution in [-0.4, -0.2) is 11.1 Å². The zero-order valence-corrected chi connectivity index (χ0v) is 12.7. The van der Waals surface area contributed by atoms with Crippen LogP contribution >= 0.6 is 0 Å². The molecule has 19 heavy (non-hydrogen) atoms. The lowest BCUT2D eigenvalue weighted by Crippen LogP contribution is -1.93. The highest BCUT2D eigenvalue weighted by Crippen LogP contribution is 2.09. The van der Waals surface area contributed by atoms with E-state index in [0.29, 0.717) is 6.42 Å². The Morgan fingerprint density at radius 1 is 0.789 bits per heavy atom. The van der Waals surface area contributed by atoms with Gasteiger partial charge in [-0.25, -0.2) is 0 Å². The van der Waals surface area contributed by atoms with Crippen LogP contribution in [0.25, 0.3) is 0 Å². The molecular weight excluding hydrogens is 236 g/mol. The number of hydrogen-bond acceptors (Lipinski definition) is 1. The van der Waals surface area contributed by atoms with E-state index in [1.807, 2.05) is 0 Å². The molecule has 0 rings (SSSR count). The summed E-state index contributed by atoms with van der Waals surface area (Å²) in [5.74, 6) is -0.668. The van der Waals surface area contributed by atoms with E-state index in [4.69, 9.17) is 5.11 Å². The monoisotopic (exact) mass is 268 g/mol. The largest absolute Gasteiger partial charge is 0.481 e. The van der Waals surface area contributed by atoms with Gasteiger partial charge in [0.15, 0.2) is 0 Å². The summed E-state index contributed by atoms with van der Waals surface area (Å²) in [4.78, 5) is 10.3. The van der Waals surface area contributed by atoms with Gasteiger partial charge in [0.1, 0.15) is 0 Å². The molecule has 0 unspecified atom stereocenters. The van der Waals surface area contributed by atoms with E-state index in [-0.39, 0.29) is 0 Å². The van der Waals surface area contributed by atoms with E-state index in [9.17, 15) is 4.79 Å². The number of hydrogen-bond donors (Lipinski definition) is 1. The van der Waals surface area contributed by atoms with E-state index >= 15 is 0 Å². The zero-order valence-electron chi connectivity index (χ0n) is 12.7. The van der Waals surface area contributed by atoms with Gasteiger partial charge >= 0.3 is 5.97 Å². The van der Waals surface area contributed by atoms with Crippen LogP contribution in [0, 0.1) is 0 Å². The average Bonchev–Trinajstić information content (AvgIpc) is 2.39. The third kappa shape index (κ3) is 17.2. The van der Waals surface area contributed by atoms with E-state index in [1.165, 1.54) is 51.4 Å². The number of unbranched alkanes of at least 4 members (excludes halogenated alkanes) is 10. The van der Waals surface area contributed by atoms with Gasteiger partial charge in [-0.05, 0) is 32.1 Å². The highest BCUT2D eigenvalue weighted by molar-refractivity contribution is 5.66. The minimum Gasteiger partial charge on any atom is -0.481 e. The second kappa shape index (κ2) is 15.3. The van der Waals surface area contributed by atoms with Gasteiger partial charge in [-0.2, -0.15) is 0 Å². The Morgan fingerprint density at radius 3 is 1.79 bits per heavy atom. The van der Waals surface area contributed by atoms with Gasteiger partial charge in [-0.15, -0.1) is 0 Å². The van der Waals surface area contributed by atoms with Crippen molar-refractivity contribution in [3.8, 4) is 0 Å². The maximum Gasteiger partial charge on any atom is 0.303 e. The minimum atomic E-state index is -0.668. The first-order valence-electron chi connectivity index (χ1n) is 8.14. The van der Waals surface area contributed by atoms with E-state index in [1.54, 1.807) is 0 Å². The number of rotatable bonds is 14. The lowest BCUT2D eigenvalue weighted by atomic mass is 10.1. The molecular formula is C17H32O2. The number of carbonyl (C=O) groups is 1. The summed E-state index contributed by atoms with van der Waals surface area (Å²) in [6, 6.07) is 0. The van der Waals surface area contributed by atoms with Gasteiger partial charge in [0.05, 0.1) is 0 Å². The van der Waals surface area contributed by atoms with Gasteiger partial charge in [0.25, 0.3) is 0 Å². The Morgan fingerprint density at radius 2 is 1.26 bits per heavy atom. The number of allylic oxidation sites excluding steroid dienone is 2. The van der Waals surface area contributed by atoms with Crippen molar-refractivity contribution < 1.29 is 9.90 Å². The lowest BCUT2D eigenvalue weighted by Gasteiger charge is -1.98. The van der Waals surface area contributed by atoms with Crippen molar-refractivity contribution in [2.75, 3.05) is 0 Å². The van der Waals surface area contributed by atoms with Crippen LogP contribution in [-0.2, 0) is 4.79 Å². The van der Waals surface area contributed by atoms with Crippen LogP contribution in [0.15, 0.2) is 12.2 Å². The smallest absolute Gasteiger partial charge is 0.303 e. The summed E-state index contributed by atoms with van der Waals surface area (Å²) in [5, 5.41) is 8.49. The van der Waals surface area contributed by atoms with Crippen LogP contribution in [0.5, 0.6) is 0 Å². The van der Waals surface area contributed by atoms with Gasteiger partial charge in [0.2, 0.25) is 0 Å². The van der Waals surface area contributed by atoms with Gasteiger partial charge in [0, 0.05) is 6.42 Å². The molecule has 0 atom stereocenters. The van der Waals surface area contributed by atoms with Crippen LogP contribution in [0.2, 0.25) is 0 Å². The predicted octanol–water partition coefficient (Wildman–Crippen LogP) is 5.72. The Bertz CT molecular complexity index is 221. The van der Waals surface area contributed by atoms with Gasteiger partial charge < -0.3 is 5.11 Å². The highest BCUT2D eigenvalue weighted by atomic mass is 16.4. The van der Waals surface area contributed by atoms with Crippen molar-refractivity contribution in [3.05, 3.63) is 12.2 Å². The molecule has 2 nitrogen and oxygen atoms in total. The van der Waals surface area contributed by atoms with Gasteiger partial charge in [-0.1, -0.05) is 64.0 Å². The van der Waals surface area contributed by atoms with Crippen LogP contribution < -0.4 is 0 Å². The molecule has 2 heteroatoms. The molecule has 0 heterocycles. The molecule has 0 aromatic rings. The van der Waals surface area contributed by atoms with Crippen molar-refractivity contribution in [2.45, 2.75) is 90.4 Å². The standard InChI is InChI=1S/C17H32O2/c1-2-3-4-5-6-7-8-9-10-11-12-13-14-15-16-17(18)19/h9-10H,2-8,11-16H2,1H3,(H,18,19)/b10-9+. The van der Waals surface area contributed by atoms with Crippen LogP contribution in [0.4, 0.5) is 0 Å².